The Morgan fingerprint density at radius 2 is 1.49 bits per heavy atom. The van der Waals surface area contributed by atoms with E-state index >= 15 is 0 Å². The van der Waals surface area contributed by atoms with Gasteiger partial charge in [0.05, 0.1) is 20.3 Å². The molecule has 4 aliphatic rings. The number of fused-ring (bicyclic) bond motifs is 1. The van der Waals surface area contributed by atoms with Gasteiger partial charge in [-0.3, -0.25) is 19.4 Å². The fourth-order valence-electron chi connectivity index (χ4n) is 8.50. The lowest BCUT2D eigenvalue weighted by Gasteiger charge is -2.43. The number of hydrogen-bond donors (Lipinski definition) is 1. The van der Waals surface area contributed by atoms with Gasteiger partial charge in [-0.2, -0.15) is 0 Å². The first kappa shape index (κ1) is 38.4. The zero-order valence-electron chi connectivity index (χ0n) is 31.8. The Hall–Kier alpha value is -4.36. The van der Waals surface area contributed by atoms with Crippen LogP contribution in [0.5, 0.6) is 5.75 Å². The molecule has 1 N–H and O–H groups in total. The summed E-state index contributed by atoms with van der Waals surface area (Å²) in [5, 5.41) is 3.06. The first-order valence-electron chi connectivity index (χ1n) is 19.3. The number of benzene rings is 2. The molecule has 0 saturated carbocycles. The van der Waals surface area contributed by atoms with Crippen molar-refractivity contribution in [1.82, 2.24) is 24.5 Å². The maximum atomic E-state index is 14.2. The van der Waals surface area contributed by atoms with Crippen LogP contribution in [0.1, 0.15) is 54.9 Å². The second-order valence-electron chi connectivity index (χ2n) is 14.8. The molecule has 13 heteroatoms. The molecule has 2 aromatic rings. The fraction of sp³-hybridized carbons (Fsp3) is 0.600. The number of esters is 1. The van der Waals surface area contributed by atoms with Crippen LogP contribution in [0.4, 0.5) is 15.3 Å². The van der Waals surface area contributed by atoms with E-state index in [0.29, 0.717) is 64.8 Å². The van der Waals surface area contributed by atoms with Gasteiger partial charge >= 0.3 is 18.1 Å². The highest BCUT2D eigenvalue weighted by Crippen LogP contribution is 2.28. The molecule has 2 aromatic carbocycles. The number of methoxy groups -OCH3 is 1. The van der Waals surface area contributed by atoms with E-state index in [1.54, 1.807) is 12.0 Å². The molecule has 0 aromatic heterocycles. The molecule has 0 spiro atoms. The van der Waals surface area contributed by atoms with Gasteiger partial charge in [0.15, 0.2) is 6.10 Å². The third-order valence-electron chi connectivity index (χ3n) is 11.3. The molecule has 0 unspecified atom stereocenters. The van der Waals surface area contributed by atoms with Gasteiger partial charge in [0.1, 0.15) is 5.75 Å². The minimum Gasteiger partial charge on any atom is -0.496 e. The van der Waals surface area contributed by atoms with Crippen LogP contribution in [0.25, 0.3) is 0 Å². The normalized spacial score (nSPS) is 19.9. The highest BCUT2D eigenvalue weighted by atomic mass is 16.6. The molecule has 4 aliphatic heterocycles. The van der Waals surface area contributed by atoms with E-state index in [9.17, 15) is 19.2 Å². The quantitative estimate of drug-likeness (QED) is 0.360. The molecule has 0 aliphatic carbocycles. The summed E-state index contributed by atoms with van der Waals surface area (Å²) < 4.78 is 16.8. The Morgan fingerprint density at radius 3 is 2.15 bits per heavy atom. The average Bonchev–Trinajstić information content (AvgIpc) is 3.32. The number of anilines is 1. The maximum absolute atomic E-state index is 14.2. The van der Waals surface area contributed by atoms with Crippen LogP contribution in [-0.2, 0) is 31.9 Å². The molecule has 0 bridgehead atoms. The predicted molar refractivity (Wildman–Crippen MR) is 201 cm³/mol. The van der Waals surface area contributed by atoms with Crippen LogP contribution in [0.3, 0.4) is 0 Å². The van der Waals surface area contributed by atoms with Gasteiger partial charge in [0, 0.05) is 83.1 Å². The second kappa shape index (κ2) is 17.6. The van der Waals surface area contributed by atoms with Crippen molar-refractivity contribution in [3.63, 3.8) is 0 Å². The van der Waals surface area contributed by atoms with Gasteiger partial charge in [-0.25, -0.2) is 9.59 Å². The molecule has 288 valence electrons. The Labute approximate surface area is 313 Å². The third-order valence-corrected chi connectivity index (χ3v) is 11.3. The Bertz CT molecular complexity index is 1590. The number of nitrogens with zero attached hydrogens (tertiary/aromatic N) is 5. The number of likely N-dealkylation sites (tertiary alicyclic amines) is 2. The van der Waals surface area contributed by atoms with E-state index in [2.05, 4.69) is 15.1 Å². The summed E-state index contributed by atoms with van der Waals surface area (Å²) in [6, 6.07) is 12.2. The van der Waals surface area contributed by atoms with E-state index in [-0.39, 0.29) is 30.4 Å². The summed E-state index contributed by atoms with van der Waals surface area (Å²) in [7, 11) is 1.65. The molecular weight excluding hydrogens is 676 g/mol. The van der Waals surface area contributed by atoms with Crippen LogP contribution < -0.4 is 10.1 Å². The molecule has 0 radical (unpaired) electrons. The standard InChI is InChI=1S/C40H56N6O7/c1-5-52-36(47)27-42-20-22-43(23-21-42)32-11-15-44(16-12-32)38(48)35(26-30-24-28(2)37(51-4)29(3)25-30)53-40(50)45-17-13-33(14-18-45)46-19-10-31-8-6-7-9-34(31)41-39(46)49/h6-9,24-25,32-33,35H,5,10-23,26-27H2,1-4H3,(H,41,49)/t35-/m1/s1. The van der Waals surface area contributed by atoms with Crippen LogP contribution in [0, 0.1) is 13.8 Å². The minimum absolute atomic E-state index is 0.0119. The smallest absolute Gasteiger partial charge is 0.410 e. The number of piperazine rings is 1. The van der Waals surface area contributed by atoms with E-state index in [0.717, 1.165) is 79.1 Å². The number of nitrogens with one attached hydrogen (secondary N) is 1. The zero-order valence-corrected chi connectivity index (χ0v) is 31.8. The molecule has 1 atom stereocenters. The van der Waals surface area contributed by atoms with Crippen molar-refractivity contribution in [2.45, 2.75) is 77.5 Å². The van der Waals surface area contributed by atoms with Crippen LogP contribution in [0.15, 0.2) is 36.4 Å². The summed E-state index contributed by atoms with van der Waals surface area (Å²) >= 11 is 0. The van der Waals surface area contributed by atoms with Crippen molar-refractivity contribution in [3.05, 3.63) is 58.7 Å². The third kappa shape index (κ3) is 9.42. The van der Waals surface area contributed by atoms with Gasteiger partial charge < -0.3 is 34.2 Å². The molecule has 4 heterocycles. The SMILES string of the molecule is CCOC(=O)CN1CCN(C2CCN(C(=O)[C@@H](Cc3cc(C)c(OC)c(C)c3)OC(=O)N3CCC(N4CCc5ccccc5NC4=O)CC3)CC2)CC1. The highest BCUT2D eigenvalue weighted by molar-refractivity contribution is 5.91. The highest BCUT2D eigenvalue weighted by Gasteiger charge is 2.37. The first-order chi connectivity index (χ1) is 25.6. The number of aryl methyl sites for hydroxylation is 2. The molecule has 13 nitrogen and oxygen atoms in total. The van der Waals surface area contributed by atoms with Gasteiger partial charge in [-0.1, -0.05) is 30.3 Å². The number of amides is 4. The fourth-order valence-corrected chi connectivity index (χ4v) is 8.50. The number of piperidine rings is 2. The number of carbonyl (C=O) groups excluding carboxylic acids is 4. The van der Waals surface area contributed by atoms with Crippen molar-refractivity contribution in [1.29, 1.82) is 0 Å². The van der Waals surface area contributed by atoms with Crippen LogP contribution in [-0.4, -0.2) is 146 Å². The van der Waals surface area contributed by atoms with Crippen molar-refractivity contribution in [3.8, 4) is 5.75 Å². The van der Waals surface area contributed by atoms with Gasteiger partial charge in [-0.05, 0) is 81.2 Å². The number of urea groups is 1. The lowest BCUT2D eigenvalue weighted by atomic mass is 9.98. The topological polar surface area (TPSA) is 124 Å². The monoisotopic (exact) mass is 732 g/mol. The number of rotatable bonds is 10. The first-order valence-corrected chi connectivity index (χ1v) is 19.3. The number of hydrogen-bond acceptors (Lipinski definition) is 9. The van der Waals surface area contributed by atoms with E-state index in [4.69, 9.17) is 14.2 Å². The summed E-state index contributed by atoms with van der Waals surface area (Å²) in [6.07, 6.45) is 2.54. The molecular formula is C40H56N6O7. The van der Waals surface area contributed by atoms with Crippen molar-refractivity contribution in [2.75, 3.05) is 84.5 Å². The molecule has 6 rings (SSSR count). The lowest BCUT2D eigenvalue weighted by molar-refractivity contribution is -0.145. The lowest BCUT2D eigenvalue weighted by Crippen LogP contribution is -2.55. The van der Waals surface area contributed by atoms with E-state index < -0.39 is 12.2 Å². The maximum Gasteiger partial charge on any atom is 0.410 e. The van der Waals surface area contributed by atoms with Gasteiger partial charge in [0.2, 0.25) is 0 Å². The van der Waals surface area contributed by atoms with Gasteiger partial charge in [-0.15, -0.1) is 0 Å². The molecule has 3 saturated heterocycles. The summed E-state index contributed by atoms with van der Waals surface area (Å²) in [6.45, 7) is 12.6. The Balaban J connectivity index is 1.06. The Morgan fingerprint density at radius 1 is 0.849 bits per heavy atom. The van der Waals surface area contributed by atoms with Crippen molar-refractivity contribution in [2.24, 2.45) is 0 Å². The predicted octanol–water partition coefficient (Wildman–Crippen LogP) is 4.09. The van der Waals surface area contributed by atoms with Gasteiger partial charge in [0.25, 0.3) is 5.91 Å². The summed E-state index contributed by atoms with van der Waals surface area (Å²) in [5.74, 6) is 0.459. The van der Waals surface area contributed by atoms with E-state index in [1.165, 1.54) is 0 Å². The summed E-state index contributed by atoms with van der Waals surface area (Å²) in [4.78, 5) is 63.1. The number of ether oxygens (including phenoxy) is 3. The van der Waals surface area contributed by atoms with E-state index in [1.807, 2.05) is 67.0 Å². The molecule has 53 heavy (non-hydrogen) atoms. The molecule has 3 fully saturated rings. The number of carbonyl (C=O) groups is 4. The average molecular weight is 733 g/mol. The van der Waals surface area contributed by atoms with Crippen LogP contribution >= 0.6 is 0 Å². The zero-order chi connectivity index (χ0) is 37.5. The minimum atomic E-state index is -0.967. The number of para-hydroxylation sites is 1. The summed E-state index contributed by atoms with van der Waals surface area (Å²) in [5.41, 5.74) is 4.82. The second-order valence-corrected chi connectivity index (χ2v) is 14.8. The van der Waals surface area contributed by atoms with Crippen LogP contribution in [0.2, 0.25) is 0 Å². The Kier molecular flexibility index (Phi) is 12.8. The van der Waals surface area contributed by atoms with Crippen molar-refractivity contribution < 1.29 is 33.4 Å². The largest absolute Gasteiger partial charge is 0.496 e. The molecule has 4 amide bonds. The van der Waals surface area contributed by atoms with Crippen molar-refractivity contribution >= 4 is 29.7 Å².